The molecule has 0 spiro atoms. The molecule has 0 N–H and O–H groups in total. The summed E-state index contributed by atoms with van der Waals surface area (Å²) in [5.41, 5.74) is 5.59. The van der Waals surface area contributed by atoms with Crippen LogP contribution in [0.4, 0.5) is 10.3 Å². The van der Waals surface area contributed by atoms with Crippen molar-refractivity contribution < 1.29 is 18.7 Å². The van der Waals surface area contributed by atoms with Gasteiger partial charge >= 0.3 is 0 Å². The molecule has 0 unspecified atom stereocenters. The first-order valence-corrected chi connectivity index (χ1v) is 16.9. The lowest BCUT2D eigenvalue weighted by atomic mass is 9.86. The van der Waals surface area contributed by atoms with Crippen LogP contribution in [-0.2, 0) is 23.0 Å². The maximum absolute atomic E-state index is 15.8. The number of ketones is 1. The highest BCUT2D eigenvalue weighted by atomic mass is 32.1. The van der Waals surface area contributed by atoms with Gasteiger partial charge in [0.1, 0.15) is 11.8 Å². The highest BCUT2D eigenvalue weighted by Crippen LogP contribution is 2.46. The van der Waals surface area contributed by atoms with Gasteiger partial charge in [-0.15, -0.1) is 0 Å². The Kier molecular flexibility index (Phi) is 8.71. The predicted molar refractivity (Wildman–Crippen MR) is 181 cm³/mol. The molecule has 1 atom stereocenters. The number of piperidine rings is 1. The number of anilines is 1. The summed E-state index contributed by atoms with van der Waals surface area (Å²) < 4.78 is 34.8. The van der Waals surface area contributed by atoms with Crippen molar-refractivity contribution in [3.8, 4) is 27.6 Å². The maximum atomic E-state index is 15.8. The first-order chi connectivity index (χ1) is 21.7. The van der Waals surface area contributed by atoms with Crippen molar-refractivity contribution in [2.75, 3.05) is 38.7 Å². The van der Waals surface area contributed by atoms with Gasteiger partial charge in [0.15, 0.2) is 22.4 Å². The van der Waals surface area contributed by atoms with Crippen molar-refractivity contribution in [1.82, 2.24) is 23.8 Å². The van der Waals surface area contributed by atoms with Crippen molar-refractivity contribution >= 4 is 34.3 Å². The van der Waals surface area contributed by atoms with E-state index in [0.29, 0.717) is 29.7 Å². The number of hydrogen-bond donors (Lipinski definition) is 0. The Hall–Kier alpha value is -3.41. The van der Waals surface area contributed by atoms with Crippen molar-refractivity contribution in [2.24, 2.45) is 7.05 Å². The number of benzene rings is 1. The van der Waals surface area contributed by atoms with Crippen LogP contribution in [0.15, 0.2) is 12.1 Å². The summed E-state index contributed by atoms with van der Waals surface area (Å²) >= 11 is 1.37. The Morgan fingerprint density at radius 3 is 2.54 bits per heavy atom. The number of nitrogens with zero attached hydrogens (tertiary/aromatic N) is 6. The Labute approximate surface area is 274 Å². The summed E-state index contributed by atoms with van der Waals surface area (Å²) in [5, 5.41) is 1.59. The van der Waals surface area contributed by atoms with Gasteiger partial charge in [0.2, 0.25) is 5.95 Å². The number of aromatic nitrogens is 4. The minimum Gasteiger partial charge on any atom is -0.490 e. The maximum Gasteiger partial charge on any atom is 0.237 e. The van der Waals surface area contributed by atoms with E-state index < -0.39 is 17.5 Å². The van der Waals surface area contributed by atoms with Crippen LogP contribution in [0.5, 0.6) is 5.75 Å². The Morgan fingerprint density at radius 1 is 1.17 bits per heavy atom. The van der Waals surface area contributed by atoms with Gasteiger partial charge in [-0.1, -0.05) is 0 Å². The average Bonchev–Trinajstić information content (AvgIpc) is 3.62. The second-order valence-corrected chi connectivity index (χ2v) is 14.7. The number of carbonyl (C=O) groups is 1. The Balaban J connectivity index is 1.54. The van der Waals surface area contributed by atoms with Gasteiger partial charge in [-0.05, 0) is 116 Å². The zero-order valence-corrected chi connectivity index (χ0v) is 29.3. The van der Waals surface area contributed by atoms with E-state index in [1.54, 1.807) is 13.0 Å². The summed E-state index contributed by atoms with van der Waals surface area (Å²) in [7, 11) is 6.24. The Morgan fingerprint density at radius 2 is 1.89 bits per heavy atom. The van der Waals surface area contributed by atoms with E-state index in [-0.39, 0.29) is 5.78 Å². The second-order valence-electron chi connectivity index (χ2n) is 13.9. The number of aryl methyl sites for hydroxylation is 2. The standard InChI is InChI=1S/C35H45FN6O3S/c1-19-23-11-10-16-44-31(23)26(36)17-24(19)29-25-18-27(33-38-34(39-46-33)42-14-12-22(13-15-42)40(7)8)41(9)32(25)37-20(2)28(29)30(21(3)43)45-35(4,5)6/h17-18,22,30H,10-16H2,1-9H3/t30-/m1/s1. The molecule has 0 saturated carbocycles. The van der Waals surface area contributed by atoms with Crippen LogP contribution >= 0.6 is 11.5 Å². The first kappa shape index (κ1) is 32.5. The molecule has 9 nitrogen and oxygen atoms in total. The largest absolute Gasteiger partial charge is 0.490 e. The molecule has 46 heavy (non-hydrogen) atoms. The molecule has 11 heteroatoms. The number of Topliss-reactive ketones (excluding diaryl/α,β-unsaturated/α-hetero) is 1. The fourth-order valence-electron chi connectivity index (χ4n) is 6.92. The number of carbonyl (C=O) groups excluding carboxylic acids is 1. The molecular weight excluding hydrogens is 603 g/mol. The summed E-state index contributed by atoms with van der Waals surface area (Å²) in [6.45, 7) is 13.6. The van der Waals surface area contributed by atoms with Crippen LogP contribution in [0.2, 0.25) is 0 Å². The number of hydrogen-bond acceptors (Lipinski definition) is 9. The van der Waals surface area contributed by atoms with Gasteiger partial charge in [0.05, 0.1) is 17.9 Å². The topological polar surface area (TPSA) is 85.6 Å². The van der Waals surface area contributed by atoms with E-state index in [1.165, 1.54) is 11.5 Å². The lowest BCUT2D eigenvalue weighted by Crippen LogP contribution is -2.42. The number of ether oxygens (including phenoxy) is 2. The van der Waals surface area contributed by atoms with Crippen molar-refractivity contribution in [3.63, 3.8) is 0 Å². The summed E-state index contributed by atoms with van der Waals surface area (Å²) in [6, 6.07) is 4.18. The molecule has 1 aromatic carbocycles. The monoisotopic (exact) mass is 648 g/mol. The fourth-order valence-corrected chi connectivity index (χ4v) is 7.66. The Bertz CT molecular complexity index is 1800. The lowest BCUT2D eigenvalue weighted by Gasteiger charge is -2.34. The molecule has 2 aliphatic heterocycles. The van der Waals surface area contributed by atoms with Gasteiger partial charge in [0.25, 0.3) is 0 Å². The number of pyridine rings is 1. The number of halogens is 1. The third-order valence-corrected chi connectivity index (χ3v) is 10.1. The molecular formula is C35H45FN6O3S. The molecule has 0 aliphatic carbocycles. The third kappa shape index (κ3) is 5.93. The minimum atomic E-state index is -0.886. The van der Waals surface area contributed by atoms with E-state index in [2.05, 4.69) is 30.0 Å². The third-order valence-electron chi connectivity index (χ3n) is 9.32. The molecule has 5 heterocycles. The number of fused-ring (bicyclic) bond motifs is 2. The van der Waals surface area contributed by atoms with Gasteiger partial charge in [-0.3, -0.25) is 4.79 Å². The molecule has 0 radical (unpaired) electrons. The smallest absolute Gasteiger partial charge is 0.237 e. The lowest BCUT2D eigenvalue weighted by molar-refractivity contribution is -0.138. The molecule has 1 saturated heterocycles. The van der Waals surface area contributed by atoms with Gasteiger partial charge in [-0.25, -0.2) is 9.37 Å². The van der Waals surface area contributed by atoms with Gasteiger partial charge in [-0.2, -0.15) is 9.36 Å². The average molecular weight is 649 g/mol. The van der Waals surface area contributed by atoms with Crippen molar-refractivity contribution in [1.29, 1.82) is 0 Å². The van der Waals surface area contributed by atoms with Crippen LogP contribution in [0.3, 0.4) is 0 Å². The van der Waals surface area contributed by atoms with Gasteiger partial charge in [0, 0.05) is 53.9 Å². The molecule has 0 amide bonds. The highest BCUT2D eigenvalue weighted by molar-refractivity contribution is 7.09. The molecule has 1 fully saturated rings. The summed E-state index contributed by atoms with van der Waals surface area (Å²) in [4.78, 5) is 27.9. The first-order valence-electron chi connectivity index (χ1n) is 16.1. The van der Waals surface area contributed by atoms with Crippen LogP contribution in [0.1, 0.15) is 75.4 Å². The van der Waals surface area contributed by atoms with Crippen LogP contribution in [0.25, 0.3) is 32.9 Å². The highest BCUT2D eigenvalue weighted by Gasteiger charge is 2.33. The molecule has 3 aromatic heterocycles. The summed E-state index contributed by atoms with van der Waals surface area (Å²) in [5.74, 6) is 0.538. The second kappa shape index (κ2) is 12.3. The van der Waals surface area contributed by atoms with Crippen LogP contribution in [0, 0.1) is 19.7 Å². The molecule has 4 aromatic rings. The fraction of sp³-hybridized carbons (Fsp3) is 0.543. The van der Waals surface area contributed by atoms with E-state index in [9.17, 15) is 4.79 Å². The quantitative estimate of drug-likeness (QED) is 0.216. The normalized spacial score (nSPS) is 16.6. The van der Waals surface area contributed by atoms with E-state index in [0.717, 1.165) is 88.7 Å². The SMILES string of the molecule is CC(=O)[C@@H](OC(C)(C)C)c1c(C)nc2c(cc(-c3nc(N4CCC(N(C)C)CC4)ns3)n2C)c1-c1cc(F)c2c(c1C)CCCO2. The molecule has 2 aliphatic rings. The molecule has 0 bridgehead atoms. The van der Waals surface area contributed by atoms with Crippen molar-refractivity contribution in [3.05, 3.63) is 40.3 Å². The minimum absolute atomic E-state index is 0.136. The zero-order chi connectivity index (χ0) is 33.1. The zero-order valence-electron chi connectivity index (χ0n) is 28.5. The summed E-state index contributed by atoms with van der Waals surface area (Å²) in [6.07, 6.45) is 2.80. The molecule has 246 valence electrons. The molecule has 6 rings (SSSR count). The predicted octanol–water partition coefficient (Wildman–Crippen LogP) is 6.82. The van der Waals surface area contributed by atoms with E-state index >= 15 is 4.39 Å². The van der Waals surface area contributed by atoms with Crippen LogP contribution < -0.4 is 9.64 Å². The number of rotatable bonds is 7. The van der Waals surface area contributed by atoms with Crippen LogP contribution in [-0.4, -0.2) is 75.0 Å². The van der Waals surface area contributed by atoms with E-state index in [4.69, 9.17) is 23.8 Å². The van der Waals surface area contributed by atoms with Gasteiger partial charge < -0.3 is 23.8 Å². The van der Waals surface area contributed by atoms with Crippen molar-refractivity contribution in [2.45, 2.75) is 85.0 Å². The van der Waals surface area contributed by atoms with E-state index in [1.807, 2.05) is 46.2 Å².